The zero-order chi connectivity index (χ0) is 13.6. The Hall–Kier alpha value is -2.34. The maximum Gasteiger partial charge on any atom is 0.417 e. The summed E-state index contributed by atoms with van der Waals surface area (Å²) >= 11 is 0. The molecular formula is C13H14N4O2. The van der Waals surface area contributed by atoms with Gasteiger partial charge in [0.25, 0.3) is 0 Å². The summed E-state index contributed by atoms with van der Waals surface area (Å²) in [5.74, 6) is -0.450. The second-order valence-corrected chi connectivity index (χ2v) is 4.46. The van der Waals surface area contributed by atoms with E-state index in [-0.39, 0.29) is 0 Å². The van der Waals surface area contributed by atoms with E-state index in [4.69, 9.17) is 10.2 Å². The highest BCUT2D eigenvalue weighted by Gasteiger charge is 2.14. The van der Waals surface area contributed by atoms with Gasteiger partial charge >= 0.3 is 5.76 Å². The summed E-state index contributed by atoms with van der Waals surface area (Å²) in [6, 6.07) is 5.56. The maximum absolute atomic E-state index is 11.2. The van der Waals surface area contributed by atoms with E-state index in [0.29, 0.717) is 17.6 Å². The van der Waals surface area contributed by atoms with Crippen molar-refractivity contribution in [3.05, 3.63) is 40.1 Å². The molecule has 0 spiro atoms. The van der Waals surface area contributed by atoms with Crippen LogP contribution in [0.4, 0.5) is 0 Å². The van der Waals surface area contributed by atoms with Crippen LogP contribution in [0.15, 0.2) is 27.4 Å². The number of benzene rings is 1. The van der Waals surface area contributed by atoms with Crippen LogP contribution in [-0.4, -0.2) is 14.8 Å². The third kappa shape index (κ3) is 1.77. The van der Waals surface area contributed by atoms with Gasteiger partial charge in [-0.3, -0.25) is 9.67 Å². The fourth-order valence-corrected chi connectivity index (χ4v) is 2.42. The lowest BCUT2D eigenvalue weighted by molar-refractivity contribution is 0.555. The first-order valence-corrected chi connectivity index (χ1v) is 5.96. The Morgan fingerprint density at radius 1 is 1.47 bits per heavy atom. The van der Waals surface area contributed by atoms with Gasteiger partial charge in [0.2, 0.25) is 0 Å². The van der Waals surface area contributed by atoms with E-state index in [0.717, 1.165) is 22.5 Å². The van der Waals surface area contributed by atoms with Gasteiger partial charge in [-0.2, -0.15) is 5.10 Å². The normalized spacial score (nSPS) is 11.3. The SMILES string of the molecule is Cc1nn(C)c(CN)c1-c1ccc2oc(=O)[nH]c2c1. The topological polar surface area (TPSA) is 89.8 Å². The molecule has 0 saturated heterocycles. The minimum atomic E-state index is -0.450. The Bertz CT molecular complexity index is 810. The Morgan fingerprint density at radius 2 is 2.26 bits per heavy atom. The van der Waals surface area contributed by atoms with Crippen LogP contribution in [0.5, 0.6) is 0 Å². The number of aromatic nitrogens is 3. The summed E-state index contributed by atoms with van der Waals surface area (Å²) in [7, 11) is 1.87. The molecule has 1 aromatic carbocycles. The number of nitrogens with two attached hydrogens (primary N) is 1. The summed E-state index contributed by atoms with van der Waals surface area (Å²) < 4.78 is 6.78. The van der Waals surface area contributed by atoms with Gasteiger partial charge in [0, 0.05) is 19.2 Å². The Kier molecular flexibility index (Phi) is 2.53. The van der Waals surface area contributed by atoms with Crippen molar-refractivity contribution >= 4 is 11.1 Å². The molecule has 0 fully saturated rings. The van der Waals surface area contributed by atoms with Gasteiger partial charge in [-0.1, -0.05) is 6.07 Å². The molecule has 0 atom stereocenters. The molecule has 3 N–H and O–H groups in total. The Labute approximate surface area is 108 Å². The minimum Gasteiger partial charge on any atom is -0.408 e. The molecular weight excluding hydrogens is 244 g/mol. The molecule has 0 aliphatic heterocycles. The fourth-order valence-electron chi connectivity index (χ4n) is 2.42. The number of aromatic amines is 1. The first-order valence-electron chi connectivity index (χ1n) is 5.96. The first kappa shape index (κ1) is 11.7. The molecule has 2 heterocycles. The summed E-state index contributed by atoms with van der Waals surface area (Å²) in [5, 5.41) is 4.38. The highest BCUT2D eigenvalue weighted by atomic mass is 16.4. The van der Waals surface area contributed by atoms with E-state index < -0.39 is 5.76 Å². The van der Waals surface area contributed by atoms with Crippen molar-refractivity contribution in [2.24, 2.45) is 12.8 Å². The predicted octanol–water partition coefficient (Wildman–Crippen LogP) is 1.29. The van der Waals surface area contributed by atoms with Crippen LogP contribution >= 0.6 is 0 Å². The standard InChI is InChI=1S/C13H14N4O2/c1-7-12(10(6-14)17(2)16-7)8-3-4-11-9(5-8)15-13(18)19-11/h3-5H,6,14H2,1-2H3,(H,15,18). The first-order chi connectivity index (χ1) is 9.10. The van der Waals surface area contributed by atoms with Crippen LogP contribution in [0.25, 0.3) is 22.2 Å². The minimum absolute atomic E-state index is 0.409. The number of fused-ring (bicyclic) bond motifs is 1. The molecule has 98 valence electrons. The number of hydrogen-bond acceptors (Lipinski definition) is 4. The van der Waals surface area contributed by atoms with E-state index in [1.807, 2.05) is 26.1 Å². The Balaban J connectivity index is 2.26. The molecule has 6 nitrogen and oxygen atoms in total. The third-order valence-corrected chi connectivity index (χ3v) is 3.24. The van der Waals surface area contributed by atoms with Crippen molar-refractivity contribution < 1.29 is 4.42 Å². The van der Waals surface area contributed by atoms with Gasteiger partial charge in [-0.05, 0) is 24.6 Å². The van der Waals surface area contributed by atoms with Gasteiger partial charge in [-0.25, -0.2) is 4.79 Å². The molecule has 2 aromatic heterocycles. The average Bonchev–Trinajstić information content (AvgIpc) is 2.86. The fraction of sp³-hybridized carbons (Fsp3) is 0.231. The van der Waals surface area contributed by atoms with Gasteiger partial charge < -0.3 is 10.2 Å². The van der Waals surface area contributed by atoms with Crippen LogP contribution in [0.2, 0.25) is 0 Å². The molecule has 0 bridgehead atoms. The van der Waals surface area contributed by atoms with E-state index in [1.54, 1.807) is 10.7 Å². The van der Waals surface area contributed by atoms with Crippen molar-refractivity contribution in [3.8, 4) is 11.1 Å². The second-order valence-electron chi connectivity index (χ2n) is 4.46. The van der Waals surface area contributed by atoms with Crippen molar-refractivity contribution in [3.63, 3.8) is 0 Å². The smallest absolute Gasteiger partial charge is 0.408 e. The monoisotopic (exact) mass is 258 g/mol. The van der Waals surface area contributed by atoms with Crippen molar-refractivity contribution in [1.82, 2.24) is 14.8 Å². The molecule has 0 radical (unpaired) electrons. The van der Waals surface area contributed by atoms with Crippen molar-refractivity contribution in [2.75, 3.05) is 0 Å². The van der Waals surface area contributed by atoms with Gasteiger partial charge in [-0.15, -0.1) is 0 Å². The lowest BCUT2D eigenvalue weighted by Crippen LogP contribution is -2.05. The van der Waals surface area contributed by atoms with E-state index >= 15 is 0 Å². The summed E-state index contributed by atoms with van der Waals surface area (Å²) in [4.78, 5) is 13.8. The summed E-state index contributed by atoms with van der Waals surface area (Å²) in [6.45, 7) is 2.35. The maximum atomic E-state index is 11.2. The highest BCUT2D eigenvalue weighted by molar-refractivity contribution is 5.81. The van der Waals surface area contributed by atoms with E-state index in [1.165, 1.54) is 0 Å². The van der Waals surface area contributed by atoms with E-state index in [9.17, 15) is 4.79 Å². The number of nitrogens with one attached hydrogen (secondary N) is 1. The Morgan fingerprint density at radius 3 is 3.00 bits per heavy atom. The predicted molar refractivity (Wildman–Crippen MR) is 71.7 cm³/mol. The molecule has 3 aromatic rings. The zero-order valence-electron chi connectivity index (χ0n) is 10.7. The number of rotatable bonds is 2. The molecule has 6 heteroatoms. The zero-order valence-corrected chi connectivity index (χ0v) is 10.7. The molecule has 19 heavy (non-hydrogen) atoms. The highest BCUT2D eigenvalue weighted by Crippen LogP contribution is 2.28. The number of H-pyrrole nitrogens is 1. The van der Waals surface area contributed by atoms with Crippen LogP contribution in [-0.2, 0) is 13.6 Å². The van der Waals surface area contributed by atoms with Gasteiger partial charge in [0.1, 0.15) is 0 Å². The largest absolute Gasteiger partial charge is 0.417 e. The van der Waals surface area contributed by atoms with Gasteiger partial charge in [0.15, 0.2) is 5.58 Å². The average molecular weight is 258 g/mol. The lowest BCUT2D eigenvalue weighted by atomic mass is 10.0. The van der Waals surface area contributed by atoms with Crippen molar-refractivity contribution in [1.29, 1.82) is 0 Å². The molecule has 0 unspecified atom stereocenters. The van der Waals surface area contributed by atoms with E-state index in [2.05, 4.69) is 10.1 Å². The molecule has 0 saturated carbocycles. The number of hydrogen-bond donors (Lipinski definition) is 2. The quantitative estimate of drug-likeness (QED) is 0.724. The molecule has 0 aliphatic carbocycles. The van der Waals surface area contributed by atoms with Crippen LogP contribution in [0.3, 0.4) is 0 Å². The van der Waals surface area contributed by atoms with Crippen molar-refractivity contribution in [2.45, 2.75) is 13.5 Å². The number of oxazole rings is 1. The molecule has 3 rings (SSSR count). The lowest BCUT2D eigenvalue weighted by Gasteiger charge is -2.04. The molecule has 0 aliphatic rings. The van der Waals surface area contributed by atoms with Crippen LogP contribution in [0.1, 0.15) is 11.4 Å². The summed E-state index contributed by atoms with van der Waals surface area (Å²) in [5.41, 5.74) is 10.8. The third-order valence-electron chi connectivity index (χ3n) is 3.24. The number of nitrogens with zero attached hydrogens (tertiary/aromatic N) is 2. The van der Waals surface area contributed by atoms with Gasteiger partial charge in [0.05, 0.1) is 16.9 Å². The van der Waals surface area contributed by atoms with Crippen LogP contribution < -0.4 is 11.5 Å². The van der Waals surface area contributed by atoms with Crippen LogP contribution in [0, 0.1) is 6.92 Å². The summed E-state index contributed by atoms with van der Waals surface area (Å²) in [6.07, 6.45) is 0. The number of aryl methyl sites for hydroxylation is 2. The molecule has 0 amide bonds. The second kappa shape index (κ2) is 4.10.